The summed E-state index contributed by atoms with van der Waals surface area (Å²) in [5, 5.41) is 2.91. The molecule has 0 aliphatic carbocycles. The summed E-state index contributed by atoms with van der Waals surface area (Å²) < 4.78 is 0. The minimum atomic E-state index is 0.244. The van der Waals surface area contributed by atoms with Crippen molar-refractivity contribution in [1.82, 2.24) is 5.32 Å². The predicted octanol–water partition coefficient (Wildman–Crippen LogP) is 2.09. The Labute approximate surface area is 74.7 Å². The van der Waals surface area contributed by atoms with Crippen LogP contribution in [-0.4, -0.2) is 12.5 Å². The highest BCUT2D eigenvalue weighted by Crippen LogP contribution is 2.19. The van der Waals surface area contributed by atoms with Crippen molar-refractivity contribution in [3.05, 3.63) is 0 Å². The highest BCUT2D eigenvalue weighted by molar-refractivity contribution is 5.76. The molecule has 1 fully saturated rings. The van der Waals surface area contributed by atoms with Gasteiger partial charge in [0.15, 0.2) is 0 Å². The molecule has 1 atom stereocenters. The highest BCUT2D eigenvalue weighted by Gasteiger charge is 2.14. The Hall–Kier alpha value is -0.530. The number of amides is 1. The van der Waals surface area contributed by atoms with Gasteiger partial charge in [0.25, 0.3) is 0 Å². The van der Waals surface area contributed by atoms with Crippen LogP contribution in [0.2, 0.25) is 0 Å². The van der Waals surface area contributed by atoms with E-state index in [1.54, 1.807) is 0 Å². The molecule has 1 amide bonds. The lowest BCUT2D eigenvalue weighted by atomic mass is 9.95. The van der Waals surface area contributed by atoms with Gasteiger partial charge in [-0.25, -0.2) is 0 Å². The average Bonchev–Trinajstić information content (AvgIpc) is 2.27. The fraction of sp³-hybridized carbons (Fsp3) is 0.900. The lowest BCUT2D eigenvalue weighted by molar-refractivity contribution is -0.120. The Bertz CT molecular complexity index is 145. The molecule has 70 valence electrons. The molecule has 1 heterocycles. The maximum Gasteiger partial charge on any atom is 0.220 e. The molecule has 0 aromatic rings. The van der Waals surface area contributed by atoms with Crippen molar-refractivity contribution in [2.45, 2.75) is 45.4 Å². The third kappa shape index (κ3) is 3.24. The van der Waals surface area contributed by atoms with E-state index in [1.807, 2.05) is 0 Å². The molecule has 0 bridgehead atoms. The van der Waals surface area contributed by atoms with Gasteiger partial charge in [0.05, 0.1) is 0 Å². The van der Waals surface area contributed by atoms with Crippen LogP contribution in [0.15, 0.2) is 0 Å². The minimum absolute atomic E-state index is 0.244. The van der Waals surface area contributed by atoms with Crippen molar-refractivity contribution in [3.63, 3.8) is 0 Å². The standard InChI is InChI=1S/C10H19NO/c1-2-3-4-9-5-6-10(12)11-8-7-9/h9H,2-8H2,1H3,(H,11,12). The van der Waals surface area contributed by atoms with Crippen LogP contribution in [0.4, 0.5) is 0 Å². The van der Waals surface area contributed by atoms with E-state index in [2.05, 4.69) is 12.2 Å². The van der Waals surface area contributed by atoms with E-state index in [9.17, 15) is 4.79 Å². The van der Waals surface area contributed by atoms with E-state index in [0.29, 0.717) is 0 Å². The molecule has 0 radical (unpaired) electrons. The zero-order valence-electron chi connectivity index (χ0n) is 7.94. The van der Waals surface area contributed by atoms with Crippen LogP contribution in [-0.2, 0) is 4.79 Å². The van der Waals surface area contributed by atoms with Gasteiger partial charge in [0.2, 0.25) is 5.91 Å². The van der Waals surface area contributed by atoms with Crippen LogP contribution >= 0.6 is 0 Å². The molecule has 1 aliphatic rings. The number of hydrogen-bond acceptors (Lipinski definition) is 1. The Morgan fingerprint density at radius 1 is 1.50 bits per heavy atom. The summed E-state index contributed by atoms with van der Waals surface area (Å²) in [7, 11) is 0. The maximum absolute atomic E-state index is 11.0. The van der Waals surface area contributed by atoms with Gasteiger partial charge in [-0.2, -0.15) is 0 Å². The molecule has 1 rings (SSSR count). The molecule has 1 unspecified atom stereocenters. The van der Waals surface area contributed by atoms with Gasteiger partial charge in [-0.1, -0.05) is 26.2 Å². The van der Waals surface area contributed by atoms with Gasteiger partial charge >= 0.3 is 0 Å². The summed E-state index contributed by atoms with van der Waals surface area (Å²) in [6, 6.07) is 0. The average molecular weight is 169 g/mol. The first-order chi connectivity index (χ1) is 5.83. The number of carbonyl (C=O) groups is 1. The molecule has 0 spiro atoms. The normalized spacial score (nSPS) is 24.8. The fourth-order valence-corrected chi connectivity index (χ4v) is 1.77. The number of nitrogens with one attached hydrogen (secondary N) is 1. The molecule has 0 aromatic heterocycles. The van der Waals surface area contributed by atoms with Gasteiger partial charge in [-0.05, 0) is 18.8 Å². The predicted molar refractivity (Wildman–Crippen MR) is 49.9 cm³/mol. The number of unbranched alkanes of at least 4 members (excludes halogenated alkanes) is 1. The van der Waals surface area contributed by atoms with Crippen molar-refractivity contribution >= 4 is 5.91 Å². The van der Waals surface area contributed by atoms with Crippen LogP contribution in [0.25, 0.3) is 0 Å². The second kappa shape index (κ2) is 5.18. The molecule has 2 nitrogen and oxygen atoms in total. The second-order valence-electron chi connectivity index (χ2n) is 3.69. The van der Waals surface area contributed by atoms with Crippen LogP contribution in [0.5, 0.6) is 0 Å². The van der Waals surface area contributed by atoms with E-state index < -0.39 is 0 Å². The van der Waals surface area contributed by atoms with Crippen molar-refractivity contribution in [1.29, 1.82) is 0 Å². The van der Waals surface area contributed by atoms with Gasteiger partial charge in [-0.3, -0.25) is 4.79 Å². The SMILES string of the molecule is CCCCC1CCNC(=O)CC1. The lowest BCUT2D eigenvalue weighted by Gasteiger charge is -2.11. The summed E-state index contributed by atoms with van der Waals surface area (Å²) in [6.45, 7) is 3.12. The van der Waals surface area contributed by atoms with E-state index in [-0.39, 0.29) is 5.91 Å². The summed E-state index contributed by atoms with van der Waals surface area (Å²) in [4.78, 5) is 11.0. The molecule has 1 N–H and O–H groups in total. The molecule has 0 aromatic carbocycles. The first-order valence-corrected chi connectivity index (χ1v) is 5.09. The van der Waals surface area contributed by atoms with Gasteiger partial charge in [0.1, 0.15) is 0 Å². The number of hydrogen-bond donors (Lipinski definition) is 1. The Balaban J connectivity index is 2.21. The van der Waals surface area contributed by atoms with Gasteiger partial charge in [0, 0.05) is 13.0 Å². The van der Waals surface area contributed by atoms with Crippen LogP contribution in [0.1, 0.15) is 45.4 Å². The van der Waals surface area contributed by atoms with E-state index in [4.69, 9.17) is 0 Å². The van der Waals surface area contributed by atoms with E-state index in [1.165, 1.54) is 25.7 Å². The largest absolute Gasteiger partial charge is 0.356 e. The molecule has 1 aliphatic heterocycles. The first kappa shape index (κ1) is 9.56. The molecule has 12 heavy (non-hydrogen) atoms. The van der Waals surface area contributed by atoms with Crippen molar-refractivity contribution in [3.8, 4) is 0 Å². The third-order valence-corrected chi connectivity index (χ3v) is 2.62. The monoisotopic (exact) mass is 169 g/mol. The maximum atomic E-state index is 11.0. The Kier molecular flexibility index (Phi) is 4.12. The zero-order valence-corrected chi connectivity index (χ0v) is 7.94. The van der Waals surface area contributed by atoms with Gasteiger partial charge in [-0.15, -0.1) is 0 Å². The second-order valence-corrected chi connectivity index (χ2v) is 3.69. The smallest absolute Gasteiger partial charge is 0.220 e. The summed E-state index contributed by atoms with van der Waals surface area (Å²) in [5.41, 5.74) is 0. The van der Waals surface area contributed by atoms with E-state index in [0.717, 1.165) is 25.3 Å². The molecular weight excluding hydrogens is 150 g/mol. The van der Waals surface area contributed by atoms with Crippen molar-refractivity contribution < 1.29 is 4.79 Å². The van der Waals surface area contributed by atoms with Crippen LogP contribution in [0, 0.1) is 5.92 Å². The summed E-state index contributed by atoms with van der Waals surface area (Å²) >= 11 is 0. The highest BCUT2D eigenvalue weighted by atomic mass is 16.1. The first-order valence-electron chi connectivity index (χ1n) is 5.09. The number of carbonyl (C=O) groups excluding carboxylic acids is 1. The Morgan fingerprint density at radius 2 is 2.33 bits per heavy atom. The fourth-order valence-electron chi connectivity index (χ4n) is 1.77. The quantitative estimate of drug-likeness (QED) is 0.688. The van der Waals surface area contributed by atoms with Crippen LogP contribution < -0.4 is 5.32 Å². The molecule has 1 saturated heterocycles. The Morgan fingerprint density at radius 3 is 3.08 bits per heavy atom. The molecular formula is C10H19NO. The summed E-state index contributed by atoms with van der Waals surface area (Å²) in [5.74, 6) is 1.04. The topological polar surface area (TPSA) is 29.1 Å². The molecule has 0 saturated carbocycles. The van der Waals surface area contributed by atoms with Crippen LogP contribution in [0.3, 0.4) is 0 Å². The third-order valence-electron chi connectivity index (χ3n) is 2.62. The zero-order chi connectivity index (χ0) is 8.81. The van der Waals surface area contributed by atoms with Crippen molar-refractivity contribution in [2.24, 2.45) is 5.92 Å². The lowest BCUT2D eigenvalue weighted by Crippen LogP contribution is -2.21. The minimum Gasteiger partial charge on any atom is -0.356 e. The number of rotatable bonds is 3. The van der Waals surface area contributed by atoms with Gasteiger partial charge < -0.3 is 5.32 Å². The van der Waals surface area contributed by atoms with Crippen molar-refractivity contribution in [2.75, 3.05) is 6.54 Å². The summed E-state index contributed by atoms with van der Waals surface area (Å²) in [6.07, 6.45) is 6.94. The van der Waals surface area contributed by atoms with E-state index >= 15 is 0 Å². The molecule has 2 heteroatoms.